The molecule has 0 aliphatic carbocycles. The Morgan fingerprint density at radius 1 is 1.17 bits per heavy atom. The van der Waals surface area contributed by atoms with Gasteiger partial charge in [0.15, 0.2) is 0 Å². The molecular weight excluding hydrogens is 299 g/mol. The first kappa shape index (κ1) is 15.1. The number of nitro groups is 1. The Morgan fingerprint density at radius 2 is 1.87 bits per heavy atom. The van der Waals surface area contributed by atoms with Crippen molar-refractivity contribution in [3.63, 3.8) is 0 Å². The van der Waals surface area contributed by atoms with E-state index in [1.807, 2.05) is 0 Å². The SMILES string of the molecule is O=C(c1ccccc1[N+](=O)[O-])N1CCCC1c1ccc(F)cc1. The van der Waals surface area contributed by atoms with Crippen LogP contribution in [0.1, 0.15) is 34.8 Å². The van der Waals surface area contributed by atoms with Crippen LogP contribution in [0.25, 0.3) is 0 Å². The van der Waals surface area contributed by atoms with Gasteiger partial charge in [0.2, 0.25) is 0 Å². The summed E-state index contributed by atoms with van der Waals surface area (Å²) in [4.78, 5) is 25.0. The Kier molecular flexibility index (Phi) is 4.06. The van der Waals surface area contributed by atoms with Crippen LogP contribution in [0.15, 0.2) is 48.5 Å². The van der Waals surface area contributed by atoms with Crippen molar-refractivity contribution >= 4 is 11.6 Å². The molecule has 23 heavy (non-hydrogen) atoms. The van der Waals surface area contributed by atoms with Crippen LogP contribution in [0.3, 0.4) is 0 Å². The molecule has 2 aromatic rings. The smallest absolute Gasteiger partial charge is 0.282 e. The number of hydrogen-bond acceptors (Lipinski definition) is 3. The van der Waals surface area contributed by atoms with Gasteiger partial charge in [-0.3, -0.25) is 14.9 Å². The second kappa shape index (κ2) is 6.16. The summed E-state index contributed by atoms with van der Waals surface area (Å²) in [5.41, 5.74) is 0.740. The molecule has 1 atom stereocenters. The summed E-state index contributed by atoms with van der Waals surface area (Å²) in [5, 5.41) is 11.1. The molecular formula is C17H15FN2O3. The zero-order valence-corrected chi connectivity index (χ0v) is 12.3. The van der Waals surface area contributed by atoms with E-state index in [-0.39, 0.29) is 29.0 Å². The standard InChI is InChI=1S/C17H15FN2O3/c18-13-9-7-12(8-10-13)15-6-3-11-19(15)17(21)14-4-1-2-5-16(14)20(22)23/h1-2,4-5,7-10,15H,3,6,11H2. The largest absolute Gasteiger partial charge is 0.331 e. The molecule has 1 unspecified atom stereocenters. The van der Waals surface area contributed by atoms with Crippen molar-refractivity contribution in [2.24, 2.45) is 0 Å². The summed E-state index contributed by atoms with van der Waals surface area (Å²) >= 11 is 0. The van der Waals surface area contributed by atoms with Crippen molar-refractivity contribution in [2.75, 3.05) is 6.54 Å². The summed E-state index contributed by atoms with van der Waals surface area (Å²) in [5.74, 6) is -0.688. The normalized spacial score (nSPS) is 17.3. The number of carbonyl (C=O) groups excluding carboxylic acids is 1. The van der Waals surface area contributed by atoms with Crippen LogP contribution < -0.4 is 0 Å². The highest BCUT2D eigenvalue weighted by Gasteiger charge is 2.33. The third-order valence-electron chi connectivity index (χ3n) is 4.10. The van der Waals surface area contributed by atoms with Gasteiger partial charge in [-0.15, -0.1) is 0 Å². The molecule has 1 heterocycles. The number of nitrogens with zero attached hydrogens (tertiary/aromatic N) is 2. The first-order chi connectivity index (χ1) is 11.1. The molecule has 1 aliphatic rings. The van der Waals surface area contributed by atoms with E-state index in [4.69, 9.17) is 0 Å². The van der Waals surface area contributed by atoms with Crippen molar-refractivity contribution in [3.8, 4) is 0 Å². The molecule has 0 bridgehead atoms. The summed E-state index contributed by atoms with van der Waals surface area (Å²) in [7, 11) is 0. The molecule has 0 aromatic heterocycles. The van der Waals surface area contributed by atoms with Crippen LogP contribution >= 0.6 is 0 Å². The van der Waals surface area contributed by atoms with Gasteiger partial charge in [-0.2, -0.15) is 0 Å². The predicted molar refractivity (Wildman–Crippen MR) is 82.5 cm³/mol. The van der Waals surface area contributed by atoms with Gasteiger partial charge in [0.05, 0.1) is 11.0 Å². The molecule has 0 spiro atoms. The molecule has 118 valence electrons. The van der Waals surface area contributed by atoms with Crippen LogP contribution in [0.4, 0.5) is 10.1 Å². The quantitative estimate of drug-likeness (QED) is 0.641. The van der Waals surface area contributed by atoms with Crippen LogP contribution in [-0.2, 0) is 0 Å². The summed E-state index contributed by atoms with van der Waals surface area (Å²) in [6.07, 6.45) is 1.58. The molecule has 5 nitrogen and oxygen atoms in total. The number of para-hydroxylation sites is 1. The third kappa shape index (κ3) is 2.92. The monoisotopic (exact) mass is 314 g/mol. The number of rotatable bonds is 3. The Balaban J connectivity index is 1.92. The topological polar surface area (TPSA) is 63.4 Å². The molecule has 2 aromatic carbocycles. The minimum absolute atomic E-state index is 0.0894. The van der Waals surface area contributed by atoms with E-state index >= 15 is 0 Å². The average Bonchev–Trinajstić information content (AvgIpc) is 3.04. The zero-order chi connectivity index (χ0) is 16.4. The first-order valence-corrected chi connectivity index (χ1v) is 7.38. The Bertz CT molecular complexity index is 746. The zero-order valence-electron chi connectivity index (χ0n) is 12.3. The van der Waals surface area contributed by atoms with Crippen LogP contribution in [0.5, 0.6) is 0 Å². The molecule has 0 radical (unpaired) electrons. The molecule has 1 saturated heterocycles. The van der Waals surface area contributed by atoms with Crippen molar-refractivity contribution in [1.29, 1.82) is 0 Å². The highest BCUT2D eigenvalue weighted by atomic mass is 19.1. The van der Waals surface area contributed by atoms with E-state index in [0.29, 0.717) is 6.54 Å². The number of carbonyl (C=O) groups is 1. The maximum Gasteiger partial charge on any atom is 0.282 e. The van der Waals surface area contributed by atoms with Crippen LogP contribution in [-0.4, -0.2) is 22.3 Å². The van der Waals surface area contributed by atoms with E-state index < -0.39 is 4.92 Å². The number of halogens is 1. The number of nitro benzene ring substituents is 1. The molecule has 0 saturated carbocycles. The molecule has 1 amide bonds. The highest BCUT2D eigenvalue weighted by molar-refractivity contribution is 5.98. The van der Waals surface area contributed by atoms with E-state index in [2.05, 4.69) is 0 Å². The molecule has 1 aliphatic heterocycles. The fraction of sp³-hybridized carbons (Fsp3) is 0.235. The van der Waals surface area contributed by atoms with Crippen molar-refractivity contribution in [2.45, 2.75) is 18.9 Å². The van der Waals surface area contributed by atoms with Crippen molar-refractivity contribution in [3.05, 3.63) is 75.6 Å². The van der Waals surface area contributed by atoms with E-state index in [1.165, 1.54) is 30.3 Å². The molecule has 0 N–H and O–H groups in total. The number of hydrogen-bond donors (Lipinski definition) is 0. The fourth-order valence-electron chi connectivity index (χ4n) is 3.01. The lowest BCUT2D eigenvalue weighted by Crippen LogP contribution is -2.31. The molecule has 6 heteroatoms. The minimum Gasteiger partial charge on any atom is -0.331 e. The van der Waals surface area contributed by atoms with Gasteiger partial charge in [0, 0.05) is 12.6 Å². The van der Waals surface area contributed by atoms with E-state index in [9.17, 15) is 19.3 Å². The summed E-state index contributed by atoms with van der Waals surface area (Å²) < 4.78 is 13.1. The minimum atomic E-state index is -0.545. The van der Waals surface area contributed by atoms with Gasteiger partial charge in [-0.1, -0.05) is 24.3 Å². The Morgan fingerprint density at radius 3 is 2.57 bits per heavy atom. The molecule has 1 fully saturated rings. The number of benzene rings is 2. The average molecular weight is 314 g/mol. The number of likely N-dealkylation sites (tertiary alicyclic amines) is 1. The van der Waals surface area contributed by atoms with Gasteiger partial charge in [0.1, 0.15) is 11.4 Å². The Hall–Kier alpha value is -2.76. The second-order valence-electron chi connectivity index (χ2n) is 5.48. The first-order valence-electron chi connectivity index (χ1n) is 7.38. The van der Waals surface area contributed by atoms with Gasteiger partial charge >= 0.3 is 0 Å². The maximum absolute atomic E-state index is 13.1. The summed E-state index contributed by atoms with van der Waals surface area (Å²) in [6, 6.07) is 11.8. The van der Waals surface area contributed by atoms with Crippen LogP contribution in [0.2, 0.25) is 0 Å². The highest BCUT2D eigenvalue weighted by Crippen LogP contribution is 2.34. The van der Waals surface area contributed by atoms with Crippen LogP contribution in [0, 0.1) is 15.9 Å². The fourth-order valence-corrected chi connectivity index (χ4v) is 3.01. The van der Waals surface area contributed by atoms with E-state index in [1.54, 1.807) is 23.1 Å². The van der Waals surface area contributed by atoms with Gasteiger partial charge in [-0.05, 0) is 36.6 Å². The third-order valence-corrected chi connectivity index (χ3v) is 4.10. The van der Waals surface area contributed by atoms with Crippen molar-refractivity contribution in [1.82, 2.24) is 4.90 Å². The van der Waals surface area contributed by atoms with Gasteiger partial charge in [0.25, 0.3) is 11.6 Å². The summed E-state index contributed by atoms with van der Waals surface area (Å²) in [6.45, 7) is 0.535. The Labute approximate surface area is 132 Å². The number of amides is 1. The lowest BCUT2D eigenvalue weighted by Gasteiger charge is -2.25. The lowest BCUT2D eigenvalue weighted by atomic mass is 10.0. The lowest BCUT2D eigenvalue weighted by molar-refractivity contribution is -0.385. The second-order valence-corrected chi connectivity index (χ2v) is 5.48. The van der Waals surface area contributed by atoms with Crippen molar-refractivity contribution < 1.29 is 14.1 Å². The molecule has 3 rings (SSSR count). The van der Waals surface area contributed by atoms with Gasteiger partial charge in [-0.25, -0.2) is 4.39 Å². The van der Waals surface area contributed by atoms with Gasteiger partial charge < -0.3 is 4.90 Å². The van der Waals surface area contributed by atoms with E-state index in [0.717, 1.165) is 18.4 Å². The predicted octanol–water partition coefficient (Wildman–Crippen LogP) is 3.71. The maximum atomic E-state index is 13.1.